The van der Waals surface area contributed by atoms with Gasteiger partial charge in [-0.3, -0.25) is 14.9 Å². The fourth-order valence-electron chi connectivity index (χ4n) is 1.26. The standard InChI is InChI=1S/C12H13N3O4/c1-9(16)13-6-4-3-5-10-7-11(15(17)18)12(19-2)14-8-10/h7-8H,4,6H2,1-2H3,(H,13,16). The number of carbonyl (C=O) groups excluding carboxylic acids is 1. The molecule has 1 aromatic heterocycles. The smallest absolute Gasteiger partial charge is 0.332 e. The predicted octanol–water partition coefficient (Wildman–Crippen LogP) is 0.876. The lowest BCUT2D eigenvalue weighted by atomic mass is 10.2. The minimum Gasteiger partial charge on any atom is -0.476 e. The van der Waals surface area contributed by atoms with E-state index in [1.165, 1.54) is 26.3 Å². The lowest BCUT2D eigenvalue weighted by molar-refractivity contribution is -0.386. The molecule has 0 bridgehead atoms. The Morgan fingerprint density at radius 2 is 2.37 bits per heavy atom. The molecule has 0 unspecified atom stereocenters. The van der Waals surface area contributed by atoms with Crippen LogP contribution in [-0.4, -0.2) is 29.5 Å². The summed E-state index contributed by atoms with van der Waals surface area (Å²) in [5, 5.41) is 13.4. The molecule has 0 saturated carbocycles. The van der Waals surface area contributed by atoms with Gasteiger partial charge in [-0.1, -0.05) is 11.8 Å². The molecule has 1 amide bonds. The second kappa shape index (κ2) is 6.96. The Hall–Kier alpha value is -2.62. The van der Waals surface area contributed by atoms with Crippen LogP contribution in [0.25, 0.3) is 0 Å². The van der Waals surface area contributed by atoms with Crippen molar-refractivity contribution in [2.45, 2.75) is 13.3 Å². The summed E-state index contributed by atoms with van der Waals surface area (Å²) < 4.78 is 4.78. The minimum absolute atomic E-state index is 0.0474. The fourth-order valence-corrected chi connectivity index (χ4v) is 1.26. The first-order chi connectivity index (χ1) is 9.04. The number of nitrogens with zero attached hydrogens (tertiary/aromatic N) is 2. The average Bonchev–Trinajstić information content (AvgIpc) is 2.37. The highest BCUT2D eigenvalue weighted by Gasteiger charge is 2.16. The largest absolute Gasteiger partial charge is 0.476 e. The highest BCUT2D eigenvalue weighted by Crippen LogP contribution is 2.23. The Morgan fingerprint density at radius 3 is 2.95 bits per heavy atom. The van der Waals surface area contributed by atoms with Crippen LogP contribution in [0.15, 0.2) is 12.3 Å². The van der Waals surface area contributed by atoms with Crippen LogP contribution in [0.4, 0.5) is 5.69 Å². The summed E-state index contributed by atoms with van der Waals surface area (Å²) >= 11 is 0. The van der Waals surface area contributed by atoms with Crippen molar-refractivity contribution in [2.24, 2.45) is 0 Å². The van der Waals surface area contributed by atoms with Gasteiger partial charge in [-0.2, -0.15) is 0 Å². The molecule has 0 aliphatic rings. The number of nitro groups is 1. The molecule has 0 aliphatic carbocycles. The number of pyridine rings is 1. The van der Waals surface area contributed by atoms with Gasteiger partial charge in [0.2, 0.25) is 5.91 Å². The van der Waals surface area contributed by atoms with Gasteiger partial charge in [0.25, 0.3) is 5.88 Å². The lowest BCUT2D eigenvalue weighted by Crippen LogP contribution is -2.20. The zero-order valence-electron chi connectivity index (χ0n) is 10.6. The van der Waals surface area contributed by atoms with Gasteiger partial charge in [0.1, 0.15) is 0 Å². The summed E-state index contributed by atoms with van der Waals surface area (Å²) in [7, 11) is 1.31. The van der Waals surface area contributed by atoms with E-state index in [0.717, 1.165) is 0 Å². The van der Waals surface area contributed by atoms with E-state index in [9.17, 15) is 14.9 Å². The van der Waals surface area contributed by atoms with Crippen LogP contribution < -0.4 is 10.1 Å². The van der Waals surface area contributed by atoms with Gasteiger partial charge in [-0.05, 0) is 0 Å². The predicted molar refractivity (Wildman–Crippen MR) is 67.6 cm³/mol. The molecule has 0 aliphatic heterocycles. The van der Waals surface area contributed by atoms with Crippen LogP contribution in [0.2, 0.25) is 0 Å². The Balaban J connectivity index is 2.74. The molecule has 100 valence electrons. The second-order valence-electron chi connectivity index (χ2n) is 3.54. The second-order valence-corrected chi connectivity index (χ2v) is 3.54. The summed E-state index contributed by atoms with van der Waals surface area (Å²) in [6.45, 7) is 1.86. The lowest BCUT2D eigenvalue weighted by Gasteiger charge is -1.99. The van der Waals surface area contributed by atoms with Crippen LogP contribution in [0.1, 0.15) is 18.9 Å². The zero-order valence-corrected chi connectivity index (χ0v) is 10.6. The summed E-state index contributed by atoms with van der Waals surface area (Å²) in [5.41, 5.74) is 0.200. The van der Waals surface area contributed by atoms with Gasteiger partial charge < -0.3 is 10.1 Å². The van der Waals surface area contributed by atoms with Gasteiger partial charge in [0.05, 0.1) is 12.0 Å². The molecule has 7 heteroatoms. The molecular formula is C12H13N3O4. The van der Waals surface area contributed by atoms with Gasteiger partial charge in [0, 0.05) is 37.7 Å². The molecule has 7 nitrogen and oxygen atoms in total. The van der Waals surface area contributed by atoms with E-state index < -0.39 is 4.92 Å². The number of methoxy groups -OCH3 is 1. The number of ether oxygens (including phenoxy) is 1. The Bertz CT molecular complexity index is 546. The quantitative estimate of drug-likeness (QED) is 0.376. The Morgan fingerprint density at radius 1 is 1.63 bits per heavy atom. The van der Waals surface area contributed by atoms with Crippen molar-refractivity contribution in [1.29, 1.82) is 0 Å². The van der Waals surface area contributed by atoms with Gasteiger partial charge in [-0.25, -0.2) is 4.98 Å². The third-order valence-corrected chi connectivity index (χ3v) is 2.08. The van der Waals surface area contributed by atoms with E-state index in [0.29, 0.717) is 18.5 Å². The van der Waals surface area contributed by atoms with E-state index in [1.807, 2.05) is 0 Å². The molecule has 1 heterocycles. The van der Waals surface area contributed by atoms with E-state index in [-0.39, 0.29) is 17.5 Å². The molecule has 0 aromatic carbocycles. The Kier molecular flexibility index (Phi) is 5.29. The Labute approximate surface area is 110 Å². The van der Waals surface area contributed by atoms with Crippen LogP contribution in [-0.2, 0) is 4.79 Å². The van der Waals surface area contributed by atoms with Crippen molar-refractivity contribution in [3.63, 3.8) is 0 Å². The number of hydrogen-bond donors (Lipinski definition) is 1. The molecule has 1 rings (SSSR count). The van der Waals surface area contributed by atoms with E-state index in [2.05, 4.69) is 22.1 Å². The van der Waals surface area contributed by atoms with Crippen molar-refractivity contribution >= 4 is 11.6 Å². The highest BCUT2D eigenvalue weighted by atomic mass is 16.6. The molecule has 1 aromatic rings. The van der Waals surface area contributed by atoms with Crippen molar-refractivity contribution in [3.05, 3.63) is 27.9 Å². The summed E-state index contributed by atoms with van der Waals surface area (Å²) in [5.74, 6) is 5.36. The van der Waals surface area contributed by atoms with Crippen molar-refractivity contribution in [3.8, 4) is 17.7 Å². The number of rotatable bonds is 4. The minimum atomic E-state index is -0.575. The summed E-state index contributed by atoms with van der Waals surface area (Å²) in [6.07, 6.45) is 1.86. The van der Waals surface area contributed by atoms with Gasteiger partial charge in [0.15, 0.2) is 0 Å². The number of carbonyl (C=O) groups is 1. The first-order valence-electron chi connectivity index (χ1n) is 5.46. The van der Waals surface area contributed by atoms with Gasteiger partial charge >= 0.3 is 5.69 Å². The number of aromatic nitrogens is 1. The molecule has 0 atom stereocenters. The monoisotopic (exact) mass is 263 g/mol. The topological polar surface area (TPSA) is 94.4 Å². The molecule has 0 spiro atoms. The van der Waals surface area contributed by atoms with E-state index in [4.69, 9.17) is 4.74 Å². The normalized spacial score (nSPS) is 9.16. The SMILES string of the molecule is COc1ncc(C#CCCNC(C)=O)cc1[N+](=O)[O-]. The first-order valence-corrected chi connectivity index (χ1v) is 5.46. The highest BCUT2D eigenvalue weighted by molar-refractivity contribution is 5.72. The van der Waals surface area contributed by atoms with Crippen LogP contribution in [0.3, 0.4) is 0 Å². The van der Waals surface area contributed by atoms with Crippen molar-refractivity contribution < 1.29 is 14.5 Å². The maximum absolute atomic E-state index is 10.8. The maximum Gasteiger partial charge on any atom is 0.332 e. The summed E-state index contributed by atoms with van der Waals surface area (Å²) in [4.78, 5) is 24.6. The average molecular weight is 263 g/mol. The maximum atomic E-state index is 10.8. The number of nitrogens with one attached hydrogen (secondary N) is 1. The zero-order chi connectivity index (χ0) is 14.3. The number of hydrogen-bond acceptors (Lipinski definition) is 5. The first kappa shape index (κ1) is 14.4. The van der Waals surface area contributed by atoms with E-state index in [1.54, 1.807) is 0 Å². The van der Waals surface area contributed by atoms with Crippen LogP contribution >= 0.6 is 0 Å². The van der Waals surface area contributed by atoms with Crippen molar-refractivity contribution in [1.82, 2.24) is 10.3 Å². The molecule has 0 saturated heterocycles. The third-order valence-electron chi connectivity index (χ3n) is 2.08. The third kappa shape index (κ3) is 4.63. The van der Waals surface area contributed by atoms with Crippen LogP contribution in [0.5, 0.6) is 5.88 Å². The molecule has 0 radical (unpaired) electrons. The molecule has 0 fully saturated rings. The van der Waals surface area contributed by atoms with Gasteiger partial charge in [-0.15, -0.1) is 0 Å². The van der Waals surface area contributed by atoms with E-state index >= 15 is 0 Å². The molecule has 1 N–H and O–H groups in total. The number of amides is 1. The molecule has 19 heavy (non-hydrogen) atoms. The summed E-state index contributed by atoms with van der Waals surface area (Å²) in [6, 6.07) is 1.30. The molecular weight excluding hydrogens is 250 g/mol. The fraction of sp³-hybridized carbons (Fsp3) is 0.333. The van der Waals surface area contributed by atoms with Crippen molar-refractivity contribution in [2.75, 3.05) is 13.7 Å². The van der Waals surface area contributed by atoms with Crippen LogP contribution in [0, 0.1) is 22.0 Å².